The summed E-state index contributed by atoms with van der Waals surface area (Å²) in [5, 5.41) is 28.0. The number of hydrogen-bond acceptors (Lipinski definition) is 8. The van der Waals surface area contributed by atoms with Crippen molar-refractivity contribution in [2.24, 2.45) is 0 Å². The Morgan fingerprint density at radius 1 is 1.13 bits per heavy atom. The van der Waals surface area contributed by atoms with Gasteiger partial charge in [0, 0.05) is 58.1 Å². The summed E-state index contributed by atoms with van der Waals surface area (Å²) >= 11 is 0. The lowest BCUT2D eigenvalue weighted by molar-refractivity contribution is -0.112. The van der Waals surface area contributed by atoms with Crippen LogP contribution < -0.4 is 21.3 Å². The number of hydrogen-bond donors (Lipinski definition) is 5. The van der Waals surface area contributed by atoms with E-state index in [1.807, 2.05) is 73.8 Å². The van der Waals surface area contributed by atoms with Gasteiger partial charge in [-0.1, -0.05) is 6.08 Å². The van der Waals surface area contributed by atoms with Crippen LogP contribution in [0, 0.1) is 0 Å². The topological polar surface area (TPSA) is 133 Å². The minimum absolute atomic E-state index is 0.0858. The molecule has 3 heterocycles. The molecule has 10 heteroatoms. The molecule has 0 saturated carbocycles. The Morgan fingerprint density at radius 3 is 2.74 bits per heavy atom. The molecule has 0 saturated heterocycles. The molecule has 10 nitrogen and oxygen atoms in total. The summed E-state index contributed by atoms with van der Waals surface area (Å²) in [4.78, 5) is 17.2. The summed E-state index contributed by atoms with van der Waals surface area (Å²) in [5.74, 6) is 0.475. The maximum atomic E-state index is 12.7. The minimum atomic E-state index is -0.124. The number of nitrogens with zero attached hydrogens (tertiary/aromatic N) is 4. The molecule has 2 aromatic carbocycles. The lowest BCUT2D eigenvalue weighted by atomic mass is 10.1. The van der Waals surface area contributed by atoms with E-state index < -0.39 is 0 Å². The van der Waals surface area contributed by atoms with Crippen LogP contribution in [-0.2, 0) is 4.79 Å². The molecular weight excluding hydrogens is 478 g/mol. The minimum Gasteiger partial charge on any atom is -0.387 e. The second kappa shape index (κ2) is 11.4. The molecule has 0 bridgehead atoms. The summed E-state index contributed by atoms with van der Waals surface area (Å²) in [7, 11) is 0. The van der Waals surface area contributed by atoms with Crippen LogP contribution in [0.4, 0.5) is 17.1 Å². The van der Waals surface area contributed by atoms with Crippen molar-refractivity contribution in [3.8, 4) is 11.4 Å². The highest BCUT2D eigenvalue weighted by atomic mass is 16.1. The number of aromatic amines is 1. The maximum Gasteiger partial charge on any atom is 0.250 e. The van der Waals surface area contributed by atoms with E-state index >= 15 is 0 Å². The number of allylic oxidation sites excluding steroid dienone is 1. The van der Waals surface area contributed by atoms with Crippen molar-refractivity contribution >= 4 is 33.9 Å². The van der Waals surface area contributed by atoms with Crippen LogP contribution in [0.1, 0.15) is 20.3 Å². The first kappa shape index (κ1) is 24.7. The number of carbonyl (C=O) groups excluding carboxylic acids is 1. The van der Waals surface area contributed by atoms with Crippen molar-refractivity contribution in [2.45, 2.75) is 26.3 Å². The second-order valence-electron chi connectivity index (χ2n) is 9.07. The van der Waals surface area contributed by atoms with Gasteiger partial charge in [-0.25, -0.2) is 5.10 Å². The number of benzene rings is 2. The number of nitrogens with one attached hydrogen (secondary N) is 5. The van der Waals surface area contributed by atoms with Crippen molar-refractivity contribution in [3.05, 3.63) is 90.4 Å². The quantitative estimate of drug-likeness (QED) is 0.208. The fraction of sp³-hybridized carbons (Fsp3) is 0.179. The Hall–Kier alpha value is -4.99. The number of H-pyrrole nitrogens is 1. The zero-order valence-corrected chi connectivity index (χ0v) is 21.2. The second-order valence-corrected chi connectivity index (χ2v) is 9.07. The average Bonchev–Trinajstić information content (AvgIpc) is 3.49. The van der Waals surface area contributed by atoms with Crippen LogP contribution in [0.5, 0.6) is 0 Å². The third kappa shape index (κ3) is 6.04. The van der Waals surface area contributed by atoms with Crippen LogP contribution in [-0.4, -0.2) is 44.1 Å². The van der Waals surface area contributed by atoms with Crippen molar-refractivity contribution < 1.29 is 4.79 Å². The maximum absolute atomic E-state index is 12.7. The van der Waals surface area contributed by atoms with E-state index in [-0.39, 0.29) is 11.9 Å². The van der Waals surface area contributed by atoms with Gasteiger partial charge in [-0.05, 0) is 97.6 Å². The SMILES string of the molecule is C/C(=C\CC(C)Nc1ccnc2ccc(-c3nnn[nH]3)cc12)C(=O)Nc1ccc(NC2=CCNC=C2)cc1. The van der Waals surface area contributed by atoms with Crippen LogP contribution in [0.2, 0.25) is 0 Å². The van der Waals surface area contributed by atoms with Crippen molar-refractivity contribution in [1.82, 2.24) is 30.9 Å². The van der Waals surface area contributed by atoms with Crippen molar-refractivity contribution in [1.29, 1.82) is 0 Å². The summed E-state index contributed by atoms with van der Waals surface area (Å²) in [6.45, 7) is 4.71. The molecule has 1 unspecified atom stereocenters. The van der Waals surface area contributed by atoms with Gasteiger partial charge in [0.2, 0.25) is 0 Å². The molecule has 192 valence electrons. The fourth-order valence-electron chi connectivity index (χ4n) is 4.05. The lowest BCUT2D eigenvalue weighted by Crippen LogP contribution is -2.16. The number of dihydropyridines is 1. The van der Waals surface area contributed by atoms with Gasteiger partial charge in [-0.2, -0.15) is 0 Å². The number of fused-ring (bicyclic) bond motifs is 1. The summed E-state index contributed by atoms with van der Waals surface area (Å²) in [6, 6.07) is 15.6. The highest BCUT2D eigenvalue weighted by Gasteiger charge is 2.10. The Balaban J connectivity index is 1.18. The molecule has 1 amide bonds. The van der Waals surface area contributed by atoms with E-state index in [9.17, 15) is 4.79 Å². The van der Waals surface area contributed by atoms with Crippen LogP contribution in [0.3, 0.4) is 0 Å². The molecule has 0 spiro atoms. The highest BCUT2D eigenvalue weighted by Crippen LogP contribution is 2.27. The standard InChI is InChI=1S/C28H29N9O/c1-18(28(38)33-22-8-6-21(7-9-22)32-23-11-14-29-15-12-23)3-4-19(2)31-26-13-16-30-25-10-5-20(17-24(25)26)27-34-36-37-35-27/h3,5-14,16-17,19,29,32H,4,15H2,1-2H3,(H,30,31)(H,33,38)(H,34,35,36,37)/b18-3+. The smallest absolute Gasteiger partial charge is 0.250 e. The van der Waals surface area contributed by atoms with Gasteiger partial charge >= 0.3 is 0 Å². The number of pyridine rings is 1. The Morgan fingerprint density at radius 2 is 1.97 bits per heavy atom. The van der Waals surface area contributed by atoms with E-state index in [4.69, 9.17) is 0 Å². The van der Waals surface area contributed by atoms with Gasteiger partial charge in [-0.3, -0.25) is 9.78 Å². The summed E-state index contributed by atoms with van der Waals surface area (Å²) in [6.07, 6.45) is 10.4. The van der Waals surface area contributed by atoms with Gasteiger partial charge in [-0.15, -0.1) is 5.10 Å². The number of anilines is 3. The van der Waals surface area contributed by atoms with E-state index in [0.717, 1.165) is 45.8 Å². The predicted molar refractivity (Wildman–Crippen MR) is 150 cm³/mol. The highest BCUT2D eigenvalue weighted by molar-refractivity contribution is 6.03. The van der Waals surface area contributed by atoms with Crippen LogP contribution in [0.15, 0.2) is 90.4 Å². The number of aromatic nitrogens is 5. The normalized spacial score (nSPS) is 13.9. The molecule has 5 N–H and O–H groups in total. The Bertz CT molecular complexity index is 1510. The first-order chi connectivity index (χ1) is 18.5. The molecule has 5 rings (SSSR count). The summed E-state index contributed by atoms with van der Waals surface area (Å²) < 4.78 is 0. The summed E-state index contributed by atoms with van der Waals surface area (Å²) in [5.41, 5.74) is 6.10. The number of carbonyl (C=O) groups is 1. The van der Waals surface area contributed by atoms with Gasteiger partial charge in [0.05, 0.1) is 5.52 Å². The molecule has 0 radical (unpaired) electrons. The van der Waals surface area contributed by atoms with E-state index in [1.165, 1.54) is 0 Å². The molecule has 38 heavy (non-hydrogen) atoms. The van der Waals surface area contributed by atoms with Gasteiger partial charge in [0.25, 0.3) is 5.91 Å². The Labute approximate surface area is 220 Å². The number of amides is 1. The molecule has 0 fully saturated rings. The number of rotatable bonds is 9. The fourth-order valence-corrected chi connectivity index (χ4v) is 4.05. The first-order valence-corrected chi connectivity index (χ1v) is 12.4. The molecule has 2 aromatic heterocycles. The Kier molecular flexibility index (Phi) is 7.39. The first-order valence-electron chi connectivity index (χ1n) is 12.4. The third-order valence-corrected chi connectivity index (χ3v) is 6.15. The van der Waals surface area contributed by atoms with Crippen LogP contribution >= 0.6 is 0 Å². The molecule has 1 aliphatic heterocycles. The average molecular weight is 508 g/mol. The number of tetrazole rings is 1. The van der Waals surface area contributed by atoms with Crippen molar-refractivity contribution in [2.75, 3.05) is 22.5 Å². The van der Waals surface area contributed by atoms with Crippen LogP contribution in [0.25, 0.3) is 22.3 Å². The predicted octanol–water partition coefficient (Wildman–Crippen LogP) is 4.60. The zero-order valence-electron chi connectivity index (χ0n) is 21.2. The molecule has 1 atom stereocenters. The monoisotopic (exact) mass is 507 g/mol. The van der Waals surface area contributed by atoms with Gasteiger partial charge in [0.15, 0.2) is 5.82 Å². The van der Waals surface area contributed by atoms with Gasteiger partial charge in [0.1, 0.15) is 0 Å². The zero-order chi connectivity index (χ0) is 26.3. The molecule has 1 aliphatic rings. The lowest BCUT2D eigenvalue weighted by Gasteiger charge is -2.16. The molecular formula is C28H29N9O. The van der Waals surface area contributed by atoms with Gasteiger partial charge < -0.3 is 21.3 Å². The van der Waals surface area contributed by atoms with E-state index in [2.05, 4.69) is 59.9 Å². The van der Waals surface area contributed by atoms with E-state index in [0.29, 0.717) is 17.8 Å². The largest absolute Gasteiger partial charge is 0.387 e. The van der Waals surface area contributed by atoms with E-state index in [1.54, 1.807) is 6.20 Å². The van der Waals surface area contributed by atoms with Crippen molar-refractivity contribution in [3.63, 3.8) is 0 Å². The third-order valence-electron chi connectivity index (χ3n) is 6.15. The molecule has 0 aliphatic carbocycles. The molecule has 4 aromatic rings.